The summed E-state index contributed by atoms with van der Waals surface area (Å²) in [5, 5.41) is 3.97. The highest BCUT2D eigenvalue weighted by Crippen LogP contribution is 2.18. The average Bonchev–Trinajstić information content (AvgIpc) is 2.44. The predicted octanol–water partition coefficient (Wildman–Crippen LogP) is 3.69. The van der Waals surface area contributed by atoms with Crippen LogP contribution in [0.1, 0.15) is 38.7 Å². The van der Waals surface area contributed by atoms with Gasteiger partial charge in [0.25, 0.3) is 0 Å². The van der Waals surface area contributed by atoms with Gasteiger partial charge in [-0.1, -0.05) is 60.1 Å². The van der Waals surface area contributed by atoms with Crippen LogP contribution >= 0.6 is 15.9 Å². The topological polar surface area (TPSA) is 29.1 Å². The molecule has 0 saturated carbocycles. The second kappa shape index (κ2) is 7.57. The van der Waals surface area contributed by atoms with Gasteiger partial charge in [0, 0.05) is 17.3 Å². The molecule has 2 nitrogen and oxygen atoms in total. The minimum atomic E-state index is -0.0895. The summed E-state index contributed by atoms with van der Waals surface area (Å²) >= 11 is 3.50. The van der Waals surface area contributed by atoms with Gasteiger partial charge in [-0.2, -0.15) is 0 Å². The van der Waals surface area contributed by atoms with E-state index >= 15 is 0 Å². The lowest BCUT2D eigenvalue weighted by Gasteiger charge is -2.31. The van der Waals surface area contributed by atoms with Crippen molar-refractivity contribution in [3.05, 3.63) is 35.9 Å². The van der Waals surface area contributed by atoms with E-state index in [1.54, 1.807) is 0 Å². The van der Waals surface area contributed by atoms with Crippen LogP contribution in [0.15, 0.2) is 30.3 Å². The number of hydrogen-bond acceptors (Lipinski definition) is 1. The SMILES string of the molecule is CCC(CC)(CBr)NC(=O)CCc1ccccc1. The summed E-state index contributed by atoms with van der Waals surface area (Å²) < 4.78 is 0. The normalized spacial score (nSPS) is 11.3. The monoisotopic (exact) mass is 311 g/mol. The molecule has 18 heavy (non-hydrogen) atoms. The van der Waals surface area contributed by atoms with Crippen molar-refractivity contribution in [3.63, 3.8) is 0 Å². The molecule has 0 radical (unpaired) electrons. The molecule has 1 N–H and O–H groups in total. The van der Waals surface area contributed by atoms with Crippen LogP contribution in [0, 0.1) is 0 Å². The lowest BCUT2D eigenvalue weighted by Crippen LogP contribution is -2.49. The van der Waals surface area contributed by atoms with E-state index in [0.717, 1.165) is 24.6 Å². The third-order valence-electron chi connectivity index (χ3n) is 3.50. The van der Waals surface area contributed by atoms with Crippen molar-refractivity contribution >= 4 is 21.8 Å². The number of amides is 1. The summed E-state index contributed by atoms with van der Waals surface area (Å²) in [4.78, 5) is 12.0. The average molecular weight is 312 g/mol. The molecule has 0 spiro atoms. The smallest absolute Gasteiger partial charge is 0.220 e. The van der Waals surface area contributed by atoms with E-state index in [1.165, 1.54) is 5.56 Å². The van der Waals surface area contributed by atoms with Crippen molar-refractivity contribution in [1.29, 1.82) is 0 Å². The summed E-state index contributed by atoms with van der Waals surface area (Å²) in [6.07, 6.45) is 3.26. The van der Waals surface area contributed by atoms with Gasteiger partial charge in [-0.25, -0.2) is 0 Å². The Morgan fingerprint density at radius 1 is 1.22 bits per heavy atom. The maximum atomic E-state index is 12.0. The van der Waals surface area contributed by atoms with Crippen LogP contribution in [0.3, 0.4) is 0 Å². The van der Waals surface area contributed by atoms with Crippen LogP contribution in [0.25, 0.3) is 0 Å². The maximum absolute atomic E-state index is 12.0. The molecule has 0 fully saturated rings. The highest BCUT2D eigenvalue weighted by molar-refractivity contribution is 9.09. The molecule has 0 aliphatic carbocycles. The molecular formula is C15H22BrNO. The van der Waals surface area contributed by atoms with E-state index in [1.807, 2.05) is 18.2 Å². The number of nitrogens with one attached hydrogen (secondary N) is 1. The maximum Gasteiger partial charge on any atom is 0.220 e. The van der Waals surface area contributed by atoms with Gasteiger partial charge >= 0.3 is 0 Å². The summed E-state index contributed by atoms with van der Waals surface area (Å²) in [5.74, 6) is 0.141. The number of carbonyl (C=O) groups is 1. The fourth-order valence-electron chi connectivity index (χ4n) is 1.91. The first-order chi connectivity index (χ1) is 8.65. The Morgan fingerprint density at radius 3 is 2.33 bits per heavy atom. The third kappa shape index (κ3) is 4.45. The Balaban J connectivity index is 2.46. The van der Waals surface area contributed by atoms with E-state index in [-0.39, 0.29) is 11.4 Å². The van der Waals surface area contributed by atoms with E-state index in [0.29, 0.717) is 6.42 Å². The summed E-state index contributed by atoms with van der Waals surface area (Å²) in [7, 11) is 0. The van der Waals surface area contributed by atoms with Gasteiger partial charge in [0.2, 0.25) is 5.91 Å². The Kier molecular flexibility index (Phi) is 6.41. The molecule has 0 heterocycles. The largest absolute Gasteiger partial charge is 0.350 e. The van der Waals surface area contributed by atoms with Crippen LogP contribution < -0.4 is 5.32 Å². The summed E-state index contributed by atoms with van der Waals surface area (Å²) in [6, 6.07) is 10.1. The first kappa shape index (κ1) is 15.2. The van der Waals surface area contributed by atoms with Gasteiger partial charge in [0.05, 0.1) is 0 Å². The molecule has 0 atom stereocenters. The molecule has 1 aromatic carbocycles. The van der Waals surface area contributed by atoms with Crippen molar-refractivity contribution in [2.75, 3.05) is 5.33 Å². The second-order valence-corrected chi connectivity index (χ2v) is 5.22. The van der Waals surface area contributed by atoms with E-state index in [4.69, 9.17) is 0 Å². The standard InChI is InChI=1S/C15H22BrNO/c1-3-15(4-2,12-16)17-14(18)11-10-13-8-6-5-7-9-13/h5-9H,3-4,10-12H2,1-2H3,(H,17,18). The molecule has 1 aromatic rings. The minimum Gasteiger partial charge on any atom is -0.350 e. The highest BCUT2D eigenvalue weighted by Gasteiger charge is 2.26. The molecule has 0 bridgehead atoms. The van der Waals surface area contributed by atoms with Gasteiger partial charge in [-0.05, 0) is 24.8 Å². The number of alkyl halides is 1. The number of benzene rings is 1. The Bertz CT molecular complexity index is 352. The Labute approximate surface area is 118 Å². The summed E-state index contributed by atoms with van der Waals surface area (Å²) in [6.45, 7) is 4.23. The first-order valence-corrected chi connectivity index (χ1v) is 7.69. The Morgan fingerprint density at radius 2 is 1.83 bits per heavy atom. The van der Waals surface area contributed by atoms with Crippen LogP contribution in [-0.2, 0) is 11.2 Å². The highest BCUT2D eigenvalue weighted by atomic mass is 79.9. The van der Waals surface area contributed by atoms with Crippen molar-refractivity contribution in [3.8, 4) is 0 Å². The molecule has 100 valence electrons. The van der Waals surface area contributed by atoms with Crippen molar-refractivity contribution in [2.24, 2.45) is 0 Å². The van der Waals surface area contributed by atoms with Gasteiger partial charge in [0.1, 0.15) is 0 Å². The fourth-order valence-corrected chi connectivity index (χ4v) is 2.84. The van der Waals surface area contributed by atoms with Gasteiger partial charge < -0.3 is 5.32 Å². The Hall–Kier alpha value is -0.830. The van der Waals surface area contributed by atoms with E-state index in [9.17, 15) is 4.79 Å². The summed E-state index contributed by atoms with van der Waals surface area (Å²) in [5.41, 5.74) is 1.12. The molecule has 1 rings (SSSR count). The van der Waals surface area contributed by atoms with Crippen LogP contribution in [0.5, 0.6) is 0 Å². The molecule has 0 saturated heterocycles. The zero-order valence-electron chi connectivity index (χ0n) is 11.2. The molecular weight excluding hydrogens is 290 g/mol. The lowest BCUT2D eigenvalue weighted by molar-refractivity contribution is -0.122. The zero-order chi connectivity index (χ0) is 13.4. The van der Waals surface area contributed by atoms with Crippen LogP contribution in [-0.4, -0.2) is 16.8 Å². The predicted molar refractivity (Wildman–Crippen MR) is 80.0 cm³/mol. The molecule has 0 aliphatic rings. The van der Waals surface area contributed by atoms with Crippen LogP contribution in [0.4, 0.5) is 0 Å². The number of aryl methyl sites for hydroxylation is 1. The molecule has 3 heteroatoms. The van der Waals surface area contributed by atoms with Crippen molar-refractivity contribution in [1.82, 2.24) is 5.32 Å². The number of halogens is 1. The number of rotatable bonds is 7. The quantitative estimate of drug-likeness (QED) is 0.764. The van der Waals surface area contributed by atoms with E-state index in [2.05, 4.69) is 47.2 Å². The second-order valence-electron chi connectivity index (χ2n) is 4.65. The van der Waals surface area contributed by atoms with Crippen molar-refractivity contribution < 1.29 is 4.79 Å². The number of carbonyl (C=O) groups excluding carboxylic acids is 1. The third-order valence-corrected chi connectivity index (χ3v) is 4.57. The van der Waals surface area contributed by atoms with Crippen LogP contribution in [0.2, 0.25) is 0 Å². The minimum absolute atomic E-state index is 0.0895. The lowest BCUT2D eigenvalue weighted by atomic mass is 9.95. The fraction of sp³-hybridized carbons (Fsp3) is 0.533. The van der Waals surface area contributed by atoms with Gasteiger partial charge in [-0.15, -0.1) is 0 Å². The molecule has 0 aromatic heterocycles. The molecule has 1 amide bonds. The molecule has 0 aliphatic heterocycles. The van der Waals surface area contributed by atoms with Gasteiger partial charge in [-0.3, -0.25) is 4.79 Å². The molecule has 0 unspecified atom stereocenters. The van der Waals surface area contributed by atoms with E-state index < -0.39 is 0 Å². The zero-order valence-corrected chi connectivity index (χ0v) is 12.8. The number of hydrogen-bond donors (Lipinski definition) is 1. The first-order valence-electron chi connectivity index (χ1n) is 6.56. The van der Waals surface area contributed by atoms with Crippen molar-refractivity contribution in [2.45, 2.75) is 45.1 Å². The van der Waals surface area contributed by atoms with Gasteiger partial charge in [0.15, 0.2) is 0 Å².